The lowest BCUT2D eigenvalue weighted by Crippen LogP contribution is -2.18. The van der Waals surface area contributed by atoms with Crippen molar-refractivity contribution in [1.82, 2.24) is 14.8 Å². The number of anilines is 2. The zero-order valence-corrected chi connectivity index (χ0v) is 13.0. The molecule has 4 N–H and O–H groups in total. The maximum Gasteiger partial charge on any atom is 0.264 e. The number of nitrogens with two attached hydrogens (primary N) is 1. The molecule has 0 atom stereocenters. The lowest BCUT2D eigenvalue weighted by atomic mass is 10.4. The highest BCUT2D eigenvalue weighted by Gasteiger charge is 2.19. The van der Waals surface area contributed by atoms with Gasteiger partial charge >= 0.3 is 0 Å². The summed E-state index contributed by atoms with van der Waals surface area (Å²) in [5, 5.41) is 4.17. The molecule has 0 aromatic carbocycles. The van der Waals surface area contributed by atoms with E-state index in [1.807, 2.05) is 13.8 Å². The van der Waals surface area contributed by atoms with Crippen molar-refractivity contribution in [3.63, 3.8) is 0 Å². The average molecular weight is 331 g/mol. The molecule has 2 rings (SSSR count). The molecule has 0 saturated heterocycles. The van der Waals surface area contributed by atoms with Gasteiger partial charge in [0, 0.05) is 18.3 Å². The van der Waals surface area contributed by atoms with Crippen LogP contribution in [0.2, 0.25) is 5.02 Å². The third-order valence-electron chi connectivity index (χ3n) is 2.66. The van der Waals surface area contributed by atoms with Gasteiger partial charge in [0.2, 0.25) is 0 Å². The van der Waals surface area contributed by atoms with E-state index in [9.17, 15) is 8.42 Å². The van der Waals surface area contributed by atoms with Crippen molar-refractivity contribution in [3.8, 4) is 0 Å². The van der Waals surface area contributed by atoms with E-state index in [1.54, 1.807) is 10.7 Å². The third-order valence-corrected chi connectivity index (χ3v) is 4.27. The Kier molecular flexibility index (Phi) is 4.35. The summed E-state index contributed by atoms with van der Waals surface area (Å²) in [5.74, 6) is 5.76. The molecule has 0 aliphatic heterocycles. The Labute approximate surface area is 127 Å². The molecule has 21 heavy (non-hydrogen) atoms. The van der Waals surface area contributed by atoms with Gasteiger partial charge in [0.15, 0.2) is 5.82 Å². The minimum atomic E-state index is -3.81. The molecule has 0 fully saturated rings. The van der Waals surface area contributed by atoms with Crippen LogP contribution in [-0.2, 0) is 10.0 Å². The van der Waals surface area contributed by atoms with Gasteiger partial charge < -0.3 is 5.43 Å². The molecule has 0 aliphatic rings. The van der Waals surface area contributed by atoms with Crippen molar-refractivity contribution in [2.45, 2.75) is 24.8 Å². The van der Waals surface area contributed by atoms with E-state index in [0.717, 1.165) is 0 Å². The van der Waals surface area contributed by atoms with Crippen molar-refractivity contribution >= 4 is 33.3 Å². The molecule has 0 spiro atoms. The molecular formula is C11H15ClN6O2S. The Hall–Kier alpha value is -1.84. The van der Waals surface area contributed by atoms with Gasteiger partial charge in [0.1, 0.15) is 10.7 Å². The monoisotopic (exact) mass is 330 g/mol. The lowest BCUT2D eigenvalue weighted by Gasteiger charge is -2.13. The molecule has 0 amide bonds. The predicted molar refractivity (Wildman–Crippen MR) is 80.5 cm³/mol. The quantitative estimate of drug-likeness (QED) is 0.566. The minimum absolute atomic E-state index is 0.0169. The number of sulfonamides is 1. The number of hydrogen-bond acceptors (Lipinski definition) is 6. The van der Waals surface area contributed by atoms with Crippen molar-refractivity contribution < 1.29 is 8.42 Å². The fourth-order valence-corrected chi connectivity index (χ4v) is 2.98. The molecule has 114 valence electrons. The molecule has 0 aliphatic carbocycles. The second-order valence-corrected chi connectivity index (χ2v) is 6.60. The predicted octanol–water partition coefficient (Wildman–Crippen LogP) is 1.60. The molecular weight excluding hydrogens is 316 g/mol. The van der Waals surface area contributed by atoms with Gasteiger partial charge in [-0.1, -0.05) is 11.6 Å². The van der Waals surface area contributed by atoms with E-state index in [4.69, 9.17) is 17.4 Å². The van der Waals surface area contributed by atoms with Gasteiger partial charge in [-0.3, -0.25) is 4.72 Å². The molecule has 0 bridgehead atoms. The van der Waals surface area contributed by atoms with E-state index < -0.39 is 10.0 Å². The van der Waals surface area contributed by atoms with Crippen LogP contribution in [0, 0.1) is 0 Å². The Bertz CT molecular complexity index is 743. The summed E-state index contributed by atoms with van der Waals surface area (Å²) in [5.41, 5.74) is 2.27. The Morgan fingerprint density at radius 3 is 2.71 bits per heavy atom. The number of aromatic nitrogens is 3. The zero-order valence-electron chi connectivity index (χ0n) is 11.4. The number of nitrogens with zero attached hydrogens (tertiary/aromatic N) is 3. The summed E-state index contributed by atoms with van der Waals surface area (Å²) < 4.78 is 28.7. The first-order chi connectivity index (χ1) is 9.85. The normalized spacial score (nSPS) is 11.7. The highest BCUT2D eigenvalue weighted by Crippen LogP contribution is 2.24. The van der Waals surface area contributed by atoms with Gasteiger partial charge in [0.25, 0.3) is 10.0 Å². The van der Waals surface area contributed by atoms with Crippen LogP contribution in [0.25, 0.3) is 0 Å². The van der Waals surface area contributed by atoms with Crippen LogP contribution in [-0.4, -0.2) is 23.2 Å². The van der Waals surface area contributed by atoms with E-state index in [2.05, 4.69) is 20.2 Å². The smallest absolute Gasteiger partial charge is 0.264 e. The van der Waals surface area contributed by atoms with Crippen LogP contribution in [0.4, 0.5) is 11.6 Å². The van der Waals surface area contributed by atoms with Crippen molar-refractivity contribution in [2.24, 2.45) is 5.84 Å². The van der Waals surface area contributed by atoms with E-state index in [1.165, 1.54) is 18.5 Å². The second kappa shape index (κ2) is 5.88. The van der Waals surface area contributed by atoms with Gasteiger partial charge in [-0.05, 0) is 19.9 Å². The Morgan fingerprint density at radius 2 is 2.14 bits per heavy atom. The largest absolute Gasteiger partial charge is 0.307 e. The molecule has 2 aromatic rings. The van der Waals surface area contributed by atoms with E-state index >= 15 is 0 Å². The number of hydrazine groups is 1. The summed E-state index contributed by atoms with van der Waals surface area (Å²) in [4.78, 5) is 3.77. The highest BCUT2D eigenvalue weighted by molar-refractivity contribution is 7.92. The summed E-state index contributed by atoms with van der Waals surface area (Å²) in [7, 11) is -3.81. The molecule has 10 heteroatoms. The lowest BCUT2D eigenvalue weighted by molar-refractivity contribution is 0.539. The van der Waals surface area contributed by atoms with Crippen molar-refractivity contribution in [2.75, 3.05) is 10.1 Å². The minimum Gasteiger partial charge on any atom is -0.307 e. The number of rotatable bonds is 5. The first-order valence-electron chi connectivity index (χ1n) is 6.03. The number of pyridine rings is 1. The van der Waals surface area contributed by atoms with Crippen molar-refractivity contribution in [3.05, 3.63) is 29.5 Å². The molecule has 2 heterocycles. The molecule has 0 saturated carbocycles. The van der Waals surface area contributed by atoms with Crippen LogP contribution in [0.1, 0.15) is 19.9 Å². The van der Waals surface area contributed by atoms with Gasteiger partial charge in [-0.15, -0.1) is 0 Å². The molecule has 8 nitrogen and oxygen atoms in total. The van der Waals surface area contributed by atoms with Gasteiger partial charge in [-0.25, -0.2) is 23.9 Å². The third kappa shape index (κ3) is 3.26. The van der Waals surface area contributed by atoms with E-state index in [-0.39, 0.29) is 21.8 Å². The molecule has 0 radical (unpaired) electrons. The summed E-state index contributed by atoms with van der Waals surface area (Å²) in [6.45, 7) is 3.79. The van der Waals surface area contributed by atoms with Gasteiger partial charge in [0.05, 0.1) is 11.2 Å². The SMILES string of the molecule is CC(C)n1nccc1NS(=O)(=O)c1cnc(NN)c(Cl)c1. The first-order valence-corrected chi connectivity index (χ1v) is 7.89. The summed E-state index contributed by atoms with van der Waals surface area (Å²) in [6.07, 6.45) is 2.68. The maximum absolute atomic E-state index is 12.3. The van der Waals surface area contributed by atoms with Crippen LogP contribution in [0.3, 0.4) is 0 Å². The topological polar surface area (TPSA) is 115 Å². The number of halogens is 1. The number of hydrogen-bond donors (Lipinski definition) is 3. The molecule has 2 aromatic heterocycles. The fourth-order valence-electron chi connectivity index (χ4n) is 1.68. The standard InChI is InChI=1S/C11H15ClN6O2S/c1-7(2)18-10(3-4-15-18)17-21(19,20)8-5-9(12)11(16-13)14-6-8/h3-7,17H,13H2,1-2H3,(H,14,16). The Morgan fingerprint density at radius 1 is 1.43 bits per heavy atom. The van der Waals surface area contributed by atoms with E-state index in [0.29, 0.717) is 5.82 Å². The average Bonchev–Trinajstić information content (AvgIpc) is 2.86. The highest BCUT2D eigenvalue weighted by atomic mass is 35.5. The Balaban J connectivity index is 2.34. The van der Waals surface area contributed by atoms with Crippen LogP contribution in [0.15, 0.2) is 29.4 Å². The fraction of sp³-hybridized carbons (Fsp3) is 0.273. The number of nitrogens with one attached hydrogen (secondary N) is 2. The van der Waals surface area contributed by atoms with Crippen molar-refractivity contribution in [1.29, 1.82) is 0 Å². The summed E-state index contributed by atoms with van der Waals surface area (Å²) in [6, 6.07) is 2.85. The van der Waals surface area contributed by atoms with Crippen LogP contribution in [0.5, 0.6) is 0 Å². The maximum atomic E-state index is 12.3. The second-order valence-electron chi connectivity index (χ2n) is 4.51. The number of nitrogen functional groups attached to an aromatic ring is 1. The molecule has 0 unspecified atom stereocenters. The van der Waals surface area contributed by atoms with Crippen LogP contribution < -0.4 is 16.0 Å². The summed E-state index contributed by atoms with van der Waals surface area (Å²) >= 11 is 5.88. The first kappa shape index (κ1) is 15.5. The zero-order chi connectivity index (χ0) is 15.6. The van der Waals surface area contributed by atoms with Gasteiger partial charge in [-0.2, -0.15) is 5.10 Å². The van der Waals surface area contributed by atoms with Crippen LogP contribution >= 0.6 is 11.6 Å².